The van der Waals surface area contributed by atoms with Crippen LogP contribution in [-0.2, 0) is 6.54 Å². The summed E-state index contributed by atoms with van der Waals surface area (Å²) in [6.07, 6.45) is 2.95. The third kappa shape index (κ3) is 3.11. The number of anilines is 1. The highest BCUT2D eigenvalue weighted by Crippen LogP contribution is 2.25. The number of nitrogens with one attached hydrogen (secondary N) is 1. The van der Waals surface area contributed by atoms with Crippen LogP contribution in [0.5, 0.6) is 0 Å². The first-order valence-corrected chi connectivity index (χ1v) is 7.79. The maximum Gasteiger partial charge on any atom is 0.143 e. The van der Waals surface area contributed by atoms with Crippen LogP contribution >= 0.6 is 22.9 Å². The molecule has 0 bridgehead atoms. The van der Waals surface area contributed by atoms with E-state index in [0.29, 0.717) is 6.04 Å². The lowest BCUT2D eigenvalue weighted by atomic mass is 10.2. The highest BCUT2D eigenvalue weighted by molar-refractivity contribution is 7.09. The normalized spacial score (nSPS) is 18.7. The first-order valence-electron chi connectivity index (χ1n) is 6.53. The van der Waals surface area contributed by atoms with Crippen LogP contribution in [0.1, 0.15) is 11.3 Å². The van der Waals surface area contributed by atoms with Gasteiger partial charge in [-0.05, 0) is 24.6 Å². The smallest absolute Gasteiger partial charge is 0.143 e. The van der Waals surface area contributed by atoms with Gasteiger partial charge in [-0.2, -0.15) is 0 Å². The maximum atomic E-state index is 13.5. The van der Waals surface area contributed by atoms with Gasteiger partial charge in [-0.15, -0.1) is 11.3 Å². The minimum atomic E-state index is -0.356. The van der Waals surface area contributed by atoms with E-state index in [0.717, 1.165) is 31.7 Å². The molecule has 20 heavy (non-hydrogen) atoms. The molecule has 0 saturated carbocycles. The average molecular weight is 312 g/mol. The predicted octanol–water partition coefficient (Wildman–Crippen LogP) is 3.30. The molecule has 3 nitrogen and oxygen atoms in total. The summed E-state index contributed by atoms with van der Waals surface area (Å²) < 4.78 is 13.5. The first kappa shape index (κ1) is 13.8. The van der Waals surface area contributed by atoms with E-state index in [1.165, 1.54) is 10.9 Å². The second kappa shape index (κ2) is 6.08. The van der Waals surface area contributed by atoms with Crippen LogP contribution in [0.25, 0.3) is 0 Å². The Balaban J connectivity index is 1.57. The maximum absolute atomic E-state index is 13.5. The number of hydrogen-bond donors (Lipinski definition) is 1. The molecule has 1 saturated heterocycles. The van der Waals surface area contributed by atoms with E-state index in [2.05, 4.69) is 15.2 Å². The number of thiazole rings is 1. The van der Waals surface area contributed by atoms with Crippen molar-refractivity contribution in [2.75, 3.05) is 18.0 Å². The van der Waals surface area contributed by atoms with Gasteiger partial charge in [0.1, 0.15) is 5.82 Å². The average Bonchev–Trinajstić information content (AvgIpc) is 3.10. The standard InChI is InChI=1S/C14H15ClFN3S/c15-13-2-1-11(5-14(13)16)19-4-3-10(8-19)18-7-12-6-17-9-20-12/h1-2,5-6,9-10,18H,3-4,7-8H2. The molecule has 1 N–H and O–H groups in total. The number of rotatable bonds is 4. The summed E-state index contributed by atoms with van der Waals surface area (Å²) in [5.74, 6) is -0.356. The van der Waals surface area contributed by atoms with E-state index in [9.17, 15) is 4.39 Å². The molecule has 0 aliphatic carbocycles. The molecule has 1 aromatic heterocycles. The van der Waals surface area contributed by atoms with Crippen molar-refractivity contribution in [2.24, 2.45) is 0 Å². The lowest BCUT2D eigenvalue weighted by Crippen LogP contribution is -2.31. The summed E-state index contributed by atoms with van der Waals surface area (Å²) in [4.78, 5) is 7.48. The van der Waals surface area contributed by atoms with E-state index < -0.39 is 0 Å². The molecule has 1 aromatic carbocycles. The lowest BCUT2D eigenvalue weighted by molar-refractivity contribution is 0.554. The van der Waals surface area contributed by atoms with Crippen LogP contribution in [0, 0.1) is 5.82 Å². The monoisotopic (exact) mass is 311 g/mol. The molecule has 106 valence electrons. The molecular formula is C14H15ClFN3S. The highest BCUT2D eigenvalue weighted by Gasteiger charge is 2.22. The second-order valence-corrected chi connectivity index (χ2v) is 6.26. The number of aromatic nitrogens is 1. The quantitative estimate of drug-likeness (QED) is 0.939. The van der Waals surface area contributed by atoms with Crippen molar-refractivity contribution in [3.63, 3.8) is 0 Å². The summed E-state index contributed by atoms with van der Waals surface area (Å²) in [6, 6.07) is 5.42. The van der Waals surface area contributed by atoms with Gasteiger partial charge in [0.2, 0.25) is 0 Å². The van der Waals surface area contributed by atoms with Gasteiger partial charge in [0.15, 0.2) is 0 Å². The summed E-state index contributed by atoms with van der Waals surface area (Å²) in [5.41, 5.74) is 2.74. The van der Waals surface area contributed by atoms with Crippen molar-refractivity contribution >= 4 is 28.6 Å². The van der Waals surface area contributed by atoms with Crippen LogP contribution in [0.2, 0.25) is 5.02 Å². The largest absolute Gasteiger partial charge is 0.370 e. The molecule has 2 heterocycles. The fourth-order valence-electron chi connectivity index (χ4n) is 2.42. The molecule has 2 aromatic rings. The van der Waals surface area contributed by atoms with Gasteiger partial charge in [0, 0.05) is 42.4 Å². The Labute approximate surface area is 126 Å². The molecule has 0 amide bonds. The van der Waals surface area contributed by atoms with Crippen molar-refractivity contribution < 1.29 is 4.39 Å². The summed E-state index contributed by atoms with van der Waals surface area (Å²) >= 11 is 7.37. The summed E-state index contributed by atoms with van der Waals surface area (Å²) in [7, 11) is 0. The second-order valence-electron chi connectivity index (χ2n) is 4.88. The van der Waals surface area contributed by atoms with Crippen molar-refractivity contribution in [1.29, 1.82) is 0 Å². The van der Waals surface area contributed by atoms with E-state index >= 15 is 0 Å². The molecule has 1 aliphatic heterocycles. The predicted molar refractivity (Wildman–Crippen MR) is 81.0 cm³/mol. The van der Waals surface area contributed by atoms with E-state index in [1.807, 2.05) is 17.8 Å². The topological polar surface area (TPSA) is 28.2 Å². The van der Waals surface area contributed by atoms with Gasteiger partial charge in [0.05, 0.1) is 10.5 Å². The van der Waals surface area contributed by atoms with Crippen molar-refractivity contribution in [2.45, 2.75) is 19.0 Å². The molecule has 0 spiro atoms. The van der Waals surface area contributed by atoms with E-state index in [1.54, 1.807) is 17.4 Å². The fraction of sp³-hybridized carbons (Fsp3) is 0.357. The molecule has 1 fully saturated rings. The molecule has 6 heteroatoms. The Morgan fingerprint density at radius 1 is 1.50 bits per heavy atom. The first-order chi connectivity index (χ1) is 9.72. The molecule has 3 rings (SSSR count). The van der Waals surface area contributed by atoms with Crippen molar-refractivity contribution in [1.82, 2.24) is 10.3 Å². The molecule has 1 aliphatic rings. The number of halogens is 2. The zero-order valence-electron chi connectivity index (χ0n) is 10.9. The van der Waals surface area contributed by atoms with Crippen LogP contribution in [-0.4, -0.2) is 24.1 Å². The number of benzene rings is 1. The Kier molecular flexibility index (Phi) is 4.19. The fourth-order valence-corrected chi connectivity index (χ4v) is 3.08. The zero-order valence-corrected chi connectivity index (χ0v) is 12.4. The third-order valence-corrected chi connectivity index (χ3v) is 4.59. The Morgan fingerprint density at radius 3 is 3.15 bits per heavy atom. The van der Waals surface area contributed by atoms with Crippen molar-refractivity contribution in [3.05, 3.63) is 45.6 Å². The minimum absolute atomic E-state index is 0.174. The van der Waals surface area contributed by atoms with Gasteiger partial charge >= 0.3 is 0 Å². The number of hydrogen-bond acceptors (Lipinski definition) is 4. The van der Waals surface area contributed by atoms with Crippen LogP contribution < -0.4 is 10.2 Å². The van der Waals surface area contributed by atoms with Gasteiger partial charge in [-0.3, -0.25) is 4.98 Å². The zero-order chi connectivity index (χ0) is 13.9. The van der Waals surface area contributed by atoms with Crippen molar-refractivity contribution in [3.8, 4) is 0 Å². The summed E-state index contributed by atoms with van der Waals surface area (Å²) in [5, 5.41) is 3.69. The SMILES string of the molecule is Fc1cc(N2CCC(NCc3cncs3)C2)ccc1Cl. The third-order valence-electron chi connectivity index (χ3n) is 3.51. The molecular weight excluding hydrogens is 297 g/mol. The van der Waals surface area contributed by atoms with Crippen LogP contribution in [0.15, 0.2) is 29.9 Å². The van der Waals surface area contributed by atoms with Gasteiger partial charge in [0.25, 0.3) is 0 Å². The molecule has 1 atom stereocenters. The lowest BCUT2D eigenvalue weighted by Gasteiger charge is -2.19. The van der Waals surface area contributed by atoms with E-state index in [4.69, 9.17) is 11.6 Å². The Morgan fingerprint density at radius 2 is 2.40 bits per heavy atom. The number of nitrogens with zero attached hydrogens (tertiary/aromatic N) is 2. The van der Waals surface area contributed by atoms with Gasteiger partial charge < -0.3 is 10.2 Å². The van der Waals surface area contributed by atoms with Gasteiger partial charge in [-0.1, -0.05) is 11.6 Å². The summed E-state index contributed by atoms with van der Waals surface area (Å²) in [6.45, 7) is 2.67. The Hall–Kier alpha value is -1.17. The highest BCUT2D eigenvalue weighted by atomic mass is 35.5. The van der Waals surface area contributed by atoms with E-state index in [-0.39, 0.29) is 10.8 Å². The van der Waals surface area contributed by atoms with Crippen LogP contribution in [0.4, 0.5) is 10.1 Å². The van der Waals surface area contributed by atoms with Crippen LogP contribution in [0.3, 0.4) is 0 Å². The van der Waals surface area contributed by atoms with Gasteiger partial charge in [-0.25, -0.2) is 4.39 Å². The minimum Gasteiger partial charge on any atom is -0.370 e. The molecule has 0 radical (unpaired) electrons. The Bertz CT molecular complexity index is 576. The molecule has 1 unspecified atom stereocenters.